The smallest absolute Gasteiger partial charge is 0.306 e. The topological polar surface area (TPSA) is 129 Å². The van der Waals surface area contributed by atoms with E-state index in [9.17, 15) is 19.5 Å². The number of carboxylic acids is 1. The van der Waals surface area contributed by atoms with Gasteiger partial charge in [0, 0.05) is 30.8 Å². The van der Waals surface area contributed by atoms with Gasteiger partial charge in [-0.3, -0.25) is 19.5 Å². The second-order valence-electron chi connectivity index (χ2n) is 9.73. The molecule has 1 atom stereocenters. The molecule has 0 saturated carbocycles. The Morgan fingerprint density at radius 2 is 1.76 bits per heavy atom. The van der Waals surface area contributed by atoms with Crippen LogP contribution >= 0.6 is 0 Å². The molecule has 0 aliphatic carbocycles. The number of carbonyl (C=O) groups is 3. The van der Waals surface area contributed by atoms with Crippen molar-refractivity contribution in [3.05, 3.63) is 66.0 Å². The van der Waals surface area contributed by atoms with Crippen LogP contribution in [0.15, 0.2) is 54.6 Å². The maximum absolute atomic E-state index is 13.1. The Kier molecular flexibility index (Phi) is 7.67. The molecule has 2 amide bonds. The Labute approximate surface area is 220 Å². The largest absolute Gasteiger partial charge is 0.484 e. The third kappa shape index (κ3) is 5.69. The fourth-order valence-electron chi connectivity index (χ4n) is 5.11. The molecule has 2 fully saturated rings. The van der Waals surface area contributed by atoms with Crippen molar-refractivity contribution in [1.29, 1.82) is 0 Å². The van der Waals surface area contributed by atoms with E-state index in [1.54, 1.807) is 28.0 Å². The molecule has 10 nitrogen and oxygen atoms in total. The summed E-state index contributed by atoms with van der Waals surface area (Å²) in [5, 5.41) is 16.6. The predicted octanol–water partition coefficient (Wildman–Crippen LogP) is 3.54. The fourth-order valence-corrected chi connectivity index (χ4v) is 5.11. The Morgan fingerprint density at radius 1 is 0.974 bits per heavy atom. The average molecular weight is 518 g/mol. The van der Waals surface area contributed by atoms with Crippen molar-refractivity contribution < 1.29 is 24.2 Å². The third-order valence-electron chi connectivity index (χ3n) is 7.25. The quantitative estimate of drug-likeness (QED) is 0.490. The number of aromatic nitrogens is 3. The second-order valence-corrected chi connectivity index (χ2v) is 9.73. The van der Waals surface area contributed by atoms with Crippen LogP contribution in [0.3, 0.4) is 0 Å². The fraction of sp³-hybridized carbons (Fsp3) is 0.393. The van der Waals surface area contributed by atoms with Gasteiger partial charge in [-0.2, -0.15) is 5.10 Å². The summed E-state index contributed by atoms with van der Waals surface area (Å²) in [7, 11) is 0. The van der Waals surface area contributed by atoms with Crippen LogP contribution in [0.5, 0.6) is 5.75 Å². The lowest BCUT2D eigenvalue weighted by Crippen LogP contribution is -2.41. The Balaban J connectivity index is 1.26. The molecule has 1 aromatic heterocycles. The van der Waals surface area contributed by atoms with E-state index in [1.165, 1.54) is 0 Å². The number of likely N-dealkylation sites (tertiary alicyclic amines) is 2. The molecule has 3 aromatic rings. The number of carboxylic acid groups (broad SMARTS) is 1. The summed E-state index contributed by atoms with van der Waals surface area (Å²) >= 11 is 0. The molecule has 0 radical (unpaired) electrons. The van der Waals surface area contributed by atoms with Gasteiger partial charge in [-0.05, 0) is 56.4 Å². The van der Waals surface area contributed by atoms with Crippen LogP contribution in [-0.2, 0) is 9.59 Å². The van der Waals surface area contributed by atoms with Gasteiger partial charge in [0.05, 0.1) is 12.0 Å². The standard InChI is InChI=1S/C28H31N5O5/c34-24(18-38-22-9-2-1-3-10-22)33-14-5-4-11-23(33)26-29-25(30-31-26)20-7-6-8-21(17-20)27(35)32-15-12-19(13-16-32)28(36)37/h1-3,6-10,17,19,23H,4-5,11-16,18H2,(H,36,37)(H,29,30,31)/t23-/m1/s1. The molecular formula is C28H31N5O5. The van der Waals surface area contributed by atoms with E-state index in [0.717, 1.165) is 19.3 Å². The van der Waals surface area contributed by atoms with Crippen molar-refractivity contribution >= 4 is 17.8 Å². The maximum Gasteiger partial charge on any atom is 0.306 e. The highest BCUT2D eigenvalue weighted by molar-refractivity contribution is 5.95. The van der Waals surface area contributed by atoms with Gasteiger partial charge in [0.1, 0.15) is 11.6 Å². The number of aromatic amines is 1. The molecule has 2 aliphatic rings. The lowest BCUT2D eigenvalue weighted by atomic mass is 9.96. The molecule has 0 unspecified atom stereocenters. The molecule has 10 heteroatoms. The molecule has 2 saturated heterocycles. The lowest BCUT2D eigenvalue weighted by molar-refractivity contribution is -0.143. The minimum Gasteiger partial charge on any atom is -0.484 e. The van der Waals surface area contributed by atoms with Gasteiger partial charge in [-0.25, -0.2) is 4.98 Å². The van der Waals surface area contributed by atoms with Crippen LogP contribution in [0.4, 0.5) is 0 Å². The number of hydrogen-bond acceptors (Lipinski definition) is 6. The number of nitrogens with zero attached hydrogens (tertiary/aromatic N) is 4. The van der Waals surface area contributed by atoms with Crippen molar-refractivity contribution in [3.63, 3.8) is 0 Å². The first kappa shape index (κ1) is 25.4. The van der Waals surface area contributed by atoms with Crippen LogP contribution in [0, 0.1) is 5.92 Å². The van der Waals surface area contributed by atoms with Crippen LogP contribution in [0.25, 0.3) is 11.4 Å². The zero-order valence-electron chi connectivity index (χ0n) is 21.1. The number of ether oxygens (including phenoxy) is 1. The first-order valence-electron chi connectivity index (χ1n) is 13.0. The molecule has 198 valence electrons. The zero-order chi connectivity index (χ0) is 26.5. The molecule has 38 heavy (non-hydrogen) atoms. The number of H-pyrrole nitrogens is 1. The summed E-state index contributed by atoms with van der Waals surface area (Å²) in [6.45, 7) is 1.42. The van der Waals surface area contributed by atoms with Gasteiger partial charge in [-0.15, -0.1) is 0 Å². The van der Waals surface area contributed by atoms with Gasteiger partial charge in [0.25, 0.3) is 11.8 Å². The molecule has 5 rings (SSSR count). The van der Waals surface area contributed by atoms with E-state index in [2.05, 4.69) is 10.2 Å². The summed E-state index contributed by atoms with van der Waals surface area (Å²) < 4.78 is 5.68. The number of nitrogens with one attached hydrogen (secondary N) is 1. The third-order valence-corrected chi connectivity index (χ3v) is 7.25. The van der Waals surface area contributed by atoms with Crippen LogP contribution in [0.2, 0.25) is 0 Å². The Morgan fingerprint density at radius 3 is 2.53 bits per heavy atom. The first-order chi connectivity index (χ1) is 18.5. The highest BCUT2D eigenvalue weighted by atomic mass is 16.5. The number of hydrogen-bond donors (Lipinski definition) is 2. The number of benzene rings is 2. The monoisotopic (exact) mass is 517 g/mol. The molecular weight excluding hydrogens is 486 g/mol. The summed E-state index contributed by atoms with van der Waals surface area (Å²) in [6, 6.07) is 16.2. The number of amides is 2. The van der Waals surface area contributed by atoms with Crippen molar-refractivity contribution in [2.24, 2.45) is 5.92 Å². The number of carbonyl (C=O) groups excluding carboxylic acids is 2. The van der Waals surface area contributed by atoms with Crippen LogP contribution < -0.4 is 4.74 Å². The first-order valence-corrected chi connectivity index (χ1v) is 13.0. The highest BCUT2D eigenvalue weighted by Gasteiger charge is 2.31. The van der Waals surface area contributed by atoms with Crippen LogP contribution in [-0.4, -0.2) is 74.1 Å². The molecule has 2 N–H and O–H groups in total. The molecule has 2 aliphatic heterocycles. The van der Waals surface area contributed by atoms with Gasteiger partial charge in [0.15, 0.2) is 12.4 Å². The molecule has 0 bridgehead atoms. The number of rotatable bonds is 7. The predicted molar refractivity (Wildman–Crippen MR) is 138 cm³/mol. The second kappa shape index (κ2) is 11.5. The van der Waals surface area contributed by atoms with Crippen molar-refractivity contribution in [3.8, 4) is 17.1 Å². The molecule has 0 spiro atoms. The summed E-state index contributed by atoms with van der Waals surface area (Å²) in [4.78, 5) is 45.5. The minimum absolute atomic E-state index is 0.0463. The van der Waals surface area contributed by atoms with Gasteiger partial charge in [0.2, 0.25) is 0 Å². The SMILES string of the molecule is O=C(O)C1CCN(C(=O)c2cccc(-c3n[nH]c([C@H]4CCCCN4C(=O)COc4ccccc4)n3)c2)CC1. The molecule has 2 aromatic carbocycles. The average Bonchev–Trinajstić information content (AvgIpc) is 3.46. The van der Waals surface area contributed by atoms with E-state index in [-0.39, 0.29) is 24.5 Å². The number of para-hydroxylation sites is 1. The highest BCUT2D eigenvalue weighted by Crippen LogP contribution is 2.30. The Hall–Kier alpha value is -4.21. The van der Waals surface area contributed by atoms with Crippen molar-refractivity contribution in [2.75, 3.05) is 26.2 Å². The van der Waals surface area contributed by atoms with Crippen molar-refractivity contribution in [1.82, 2.24) is 25.0 Å². The summed E-state index contributed by atoms with van der Waals surface area (Å²) in [5.41, 5.74) is 1.20. The van der Waals surface area contributed by atoms with E-state index in [4.69, 9.17) is 9.72 Å². The summed E-state index contributed by atoms with van der Waals surface area (Å²) in [6.07, 6.45) is 3.58. The van der Waals surface area contributed by atoms with E-state index < -0.39 is 11.9 Å². The van der Waals surface area contributed by atoms with Crippen LogP contribution in [0.1, 0.15) is 54.3 Å². The van der Waals surface area contributed by atoms with Gasteiger partial charge >= 0.3 is 5.97 Å². The maximum atomic E-state index is 13.1. The van der Waals surface area contributed by atoms with Crippen molar-refractivity contribution in [2.45, 2.75) is 38.1 Å². The zero-order valence-corrected chi connectivity index (χ0v) is 21.1. The summed E-state index contributed by atoms with van der Waals surface area (Å²) in [5.74, 6) is 0.286. The lowest BCUT2D eigenvalue weighted by Gasteiger charge is -2.34. The minimum atomic E-state index is -0.804. The number of aliphatic carboxylic acids is 1. The van der Waals surface area contributed by atoms with Gasteiger partial charge < -0.3 is 19.6 Å². The van der Waals surface area contributed by atoms with E-state index in [1.807, 2.05) is 36.4 Å². The van der Waals surface area contributed by atoms with E-state index in [0.29, 0.717) is 61.0 Å². The Bertz CT molecular complexity index is 1290. The van der Waals surface area contributed by atoms with Gasteiger partial charge in [-0.1, -0.05) is 30.3 Å². The number of piperidine rings is 2. The normalized spacial score (nSPS) is 18.3. The van der Waals surface area contributed by atoms with E-state index >= 15 is 0 Å². The molecule has 3 heterocycles.